The third-order valence-electron chi connectivity index (χ3n) is 4.35. The standard InChI is InChI=1S/C19H18N4O3/c1-22-17(16(10-20)18(24)23(2)19(22)25)21-11-12-4-5-14-9-15(26-3)7-6-13(14)8-12/h4-9,21H,11H2,1-3H3. The van der Waals surface area contributed by atoms with Gasteiger partial charge in [-0.2, -0.15) is 5.26 Å². The van der Waals surface area contributed by atoms with Crippen molar-refractivity contribution in [3.05, 3.63) is 68.4 Å². The summed E-state index contributed by atoms with van der Waals surface area (Å²) in [7, 11) is 4.51. The molecule has 0 aliphatic rings. The van der Waals surface area contributed by atoms with Crippen LogP contribution in [0.4, 0.5) is 5.82 Å². The monoisotopic (exact) mass is 350 g/mol. The predicted molar refractivity (Wildman–Crippen MR) is 99.5 cm³/mol. The van der Waals surface area contributed by atoms with Crippen LogP contribution in [0.5, 0.6) is 5.75 Å². The van der Waals surface area contributed by atoms with Crippen LogP contribution in [0.3, 0.4) is 0 Å². The average molecular weight is 350 g/mol. The van der Waals surface area contributed by atoms with Crippen molar-refractivity contribution in [2.45, 2.75) is 6.54 Å². The highest BCUT2D eigenvalue weighted by molar-refractivity contribution is 5.84. The number of fused-ring (bicyclic) bond motifs is 1. The van der Waals surface area contributed by atoms with Crippen LogP contribution in [-0.2, 0) is 20.6 Å². The van der Waals surface area contributed by atoms with E-state index in [0.717, 1.165) is 26.7 Å². The van der Waals surface area contributed by atoms with Crippen LogP contribution in [0.15, 0.2) is 46.0 Å². The van der Waals surface area contributed by atoms with E-state index in [9.17, 15) is 14.9 Å². The molecular weight excluding hydrogens is 332 g/mol. The van der Waals surface area contributed by atoms with Gasteiger partial charge in [-0.1, -0.05) is 18.2 Å². The number of nitriles is 1. The van der Waals surface area contributed by atoms with Gasteiger partial charge in [0, 0.05) is 20.6 Å². The van der Waals surface area contributed by atoms with E-state index in [1.165, 1.54) is 18.7 Å². The van der Waals surface area contributed by atoms with Gasteiger partial charge in [0.2, 0.25) is 0 Å². The van der Waals surface area contributed by atoms with Gasteiger partial charge in [0.25, 0.3) is 5.56 Å². The fourth-order valence-corrected chi connectivity index (χ4v) is 2.85. The summed E-state index contributed by atoms with van der Waals surface area (Å²) in [5, 5.41) is 14.4. The van der Waals surface area contributed by atoms with E-state index in [-0.39, 0.29) is 11.4 Å². The first-order chi connectivity index (χ1) is 12.5. The zero-order valence-electron chi connectivity index (χ0n) is 14.7. The van der Waals surface area contributed by atoms with Crippen LogP contribution >= 0.6 is 0 Å². The van der Waals surface area contributed by atoms with Crippen molar-refractivity contribution in [1.29, 1.82) is 5.26 Å². The summed E-state index contributed by atoms with van der Waals surface area (Å²) in [5.41, 5.74) is -0.217. The summed E-state index contributed by atoms with van der Waals surface area (Å²) >= 11 is 0. The van der Waals surface area contributed by atoms with Gasteiger partial charge in [-0.05, 0) is 34.5 Å². The number of hydrogen-bond donors (Lipinski definition) is 1. The van der Waals surface area contributed by atoms with Gasteiger partial charge >= 0.3 is 5.69 Å². The molecule has 0 amide bonds. The Morgan fingerprint density at radius 3 is 2.46 bits per heavy atom. The molecule has 0 unspecified atom stereocenters. The minimum absolute atomic E-state index is 0.0832. The molecule has 1 heterocycles. The number of methoxy groups -OCH3 is 1. The van der Waals surface area contributed by atoms with Gasteiger partial charge in [-0.25, -0.2) is 4.79 Å². The Kier molecular flexibility index (Phi) is 4.50. The number of hydrogen-bond acceptors (Lipinski definition) is 5. The van der Waals surface area contributed by atoms with Gasteiger partial charge in [0.1, 0.15) is 17.6 Å². The first-order valence-electron chi connectivity index (χ1n) is 7.97. The van der Waals surface area contributed by atoms with E-state index < -0.39 is 11.2 Å². The third-order valence-corrected chi connectivity index (χ3v) is 4.35. The summed E-state index contributed by atoms with van der Waals surface area (Å²) in [5.74, 6) is 1.01. The lowest BCUT2D eigenvalue weighted by molar-refractivity contribution is 0.415. The van der Waals surface area contributed by atoms with E-state index in [0.29, 0.717) is 6.54 Å². The van der Waals surface area contributed by atoms with E-state index in [1.807, 2.05) is 42.5 Å². The highest BCUT2D eigenvalue weighted by Crippen LogP contribution is 2.22. The number of nitrogens with one attached hydrogen (secondary N) is 1. The van der Waals surface area contributed by atoms with E-state index >= 15 is 0 Å². The Balaban J connectivity index is 1.95. The average Bonchev–Trinajstić information content (AvgIpc) is 2.67. The number of nitrogens with zero attached hydrogens (tertiary/aromatic N) is 3. The van der Waals surface area contributed by atoms with Gasteiger partial charge < -0.3 is 10.1 Å². The number of anilines is 1. The van der Waals surface area contributed by atoms with E-state index in [2.05, 4.69) is 5.32 Å². The van der Waals surface area contributed by atoms with E-state index in [4.69, 9.17) is 4.74 Å². The molecule has 0 bridgehead atoms. The maximum Gasteiger partial charge on any atom is 0.332 e. The van der Waals surface area contributed by atoms with Gasteiger partial charge in [0.05, 0.1) is 7.11 Å². The molecule has 7 heteroatoms. The van der Waals surface area contributed by atoms with Crippen LogP contribution in [0, 0.1) is 11.3 Å². The first-order valence-corrected chi connectivity index (χ1v) is 7.97. The van der Waals surface area contributed by atoms with Crippen molar-refractivity contribution in [1.82, 2.24) is 9.13 Å². The maximum atomic E-state index is 12.1. The Labute approximate surface area is 149 Å². The molecule has 0 atom stereocenters. The Bertz CT molecular complexity index is 1150. The molecular formula is C19H18N4O3. The molecule has 1 aromatic heterocycles. The molecule has 0 spiro atoms. The lowest BCUT2D eigenvalue weighted by atomic mass is 10.1. The second kappa shape index (κ2) is 6.76. The molecule has 2 aromatic carbocycles. The van der Waals surface area contributed by atoms with Crippen molar-refractivity contribution >= 4 is 16.6 Å². The molecule has 3 aromatic rings. The maximum absolute atomic E-state index is 12.1. The lowest BCUT2D eigenvalue weighted by Crippen LogP contribution is -2.39. The molecule has 0 saturated carbocycles. The van der Waals surface area contributed by atoms with E-state index in [1.54, 1.807) is 7.11 Å². The van der Waals surface area contributed by atoms with Gasteiger partial charge in [0.15, 0.2) is 5.56 Å². The summed E-state index contributed by atoms with van der Waals surface area (Å²) in [4.78, 5) is 24.2. The van der Waals surface area contributed by atoms with Crippen LogP contribution in [0.1, 0.15) is 11.1 Å². The second-order valence-electron chi connectivity index (χ2n) is 5.94. The SMILES string of the molecule is COc1ccc2cc(CNc3c(C#N)c(=O)n(C)c(=O)n3C)ccc2c1. The quantitative estimate of drug-likeness (QED) is 0.774. The summed E-state index contributed by atoms with van der Waals surface area (Å²) in [6, 6.07) is 13.6. The second-order valence-corrected chi connectivity index (χ2v) is 5.94. The fraction of sp³-hybridized carbons (Fsp3) is 0.211. The van der Waals surface area contributed by atoms with Gasteiger partial charge in [-0.15, -0.1) is 0 Å². The van der Waals surface area contributed by atoms with Crippen molar-refractivity contribution in [2.24, 2.45) is 14.1 Å². The number of benzene rings is 2. The number of aromatic nitrogens is 2. The summed E-state index contributed by atoms with van der Waals surface area (Å²) in [6.07, 6.45) is 0. The summed E-state index contributed by atoms with van der Waals surface area (Å²) < 4.78 is 7.42. The van der Waals surface area contributed by atoms with Crippen molar-refractivity contribution in [2.75, 3.05) is 12.4 Å². The molecule has 0 saturated heterocycles. The largest absolute Gasteiger partial charge is 0.497 e. The highest BCUT2D eigenvalue weighted by atomic mass is 16.5. The molecule has 132 valence electrons. The van der Waals surface area contributed by atoms with Crippen LogP contribution in [-0.4, -0.2) is 16.2 Å². The molecule has 0 aliphatic heterocycles. The zero-order chi connectivity index (χ0) is 18.8. The Morgan fingerprint density at radius 1 is 1.08 bits per heavy atom. The predicted octanol–water partition coefficient (Wildman–Crippen LogP) is 1.73. The summed E-state index contributed by atoms with van der Waals surface area (Å²) in [6.45, 7) is 0.372. The normalized spacial score (nSPS) is 10.5. The number of rotatable bonds is 4. The molecule has 7 nitrogen and oxygen atoms in total. The smallest absolute Gasteiger partial charge is 0.332 e. The molecule has 0 aliphatic carbocycles. The minimum Gasteiger partial charge on any atom is -0.497 e. The van der Waals surface area contributed by atoms with Crippen molar-refractivity contribution in [3.63, 3.8) is 0 Å². The highest BCUT2D eigenvalue weighted by Gasteiger charge is 2.15. The lowest BCUT2D eigenvalue weighted by Gasteiger charge is -2.14. The fourth-order valence-electron chi connectivity index (χ4n) is 2.85. The molecule has 0 radical (unpaired) electrons. The first kappa shape index (κ1) is 17.3. The number of ether oxygens (including phenoxy) is 1. The zero-order valence-corrected chi connectivity index (χ0v) is 14.7. The van der Waals surface area contributed by atoms with Crippen molar-refractivity contribution in [3.8, 4) is 11.8 Å². The molecule has 3 rings (SSSR count). The van der Waals surface area contributed by atoms with Gasteiger partial charge in [-0.3, -0.25) is 13.9 Å². The van der Waals surface area contributed by atoms with Crippen LogP contribution in [0.25, 0.3) is 10.8 Å². The third kappa shape index (κ3) is 2.93. The van der Waals surface area contributed by atoms with Crippen molar-refractivity contribution < 1.29 is 4.74 Å². The van der Waals surface area contributed by atoms with Crippen LogP contribution in [0.2, 0.25) is 0 Å². The minimum atomic E-state index is -0.608. The molecule has 1 N–H and O–H groups in total. The topological polar surface area (TPSA) is 89.1 Å². The van der Waals surface area contributed by atoms with Crippen LogP contribution < -0.4 is 21.3 Å². The Hall–Kier alpha value is -3.53. The Morgan fingerprint density at radius 2 is 1.77 bits per heavy atom. The molecule has 26 heavy (non-hydrogen) atoms. The molecule has 0 fully saturated rings.